The lowest BCUT2D eigenvalue weighted by Gasteiger charge is -2.26. The Bertz CT molecular complexity index is 1450. The molecule has 0 atom stereocenters. The van der Waals surface area contributed by atoms with Crippen molar-refractivity contribution in [2.75, 3.05) is 55.8 Å². The maximum absolute atomic E-state index is 13.3. The molecule has 40 heavy (non-hydrogen) atoms. The summed E-state index contributed by atoms with van der Waals surface area (Å²) in [6.07, 6.45) is 2.16. The lowest BCUT2D eigenvalue weighted by Crippen LogP contribution is -2.44. The number of nitrogens with one attached hydrogen (secondary N) is 2. The number of benzene rings is 3. The fraction of sp³-hybridized carbons (Fsp3) is 0.258. The number of carbonyl (C=O) groups excluding carboxylic acids is 3. The Balaban J connectivity index is 1.46. The highest BCUT2D eigenvalue weighted by Gasteiger charge is 2.29. The summed E-state index contributed by atoms with van der Waals surface area (Å²) < 4.78 is 0. The summed E-state index contributed by atoms with van der Waals surface area (Å²) in [6.45, 7) is 2.03. The highest BCUT2D eigenvalue weighted by Crippen LogP contribution is 2.38. The molecule has 2 aliphatic heterocycles. The fourth-order valence-corrected chi connectivity index (χ4v) is 5.14. The van der Waals surface area contributed by atoms with E-state index in [1.165, 1.54) is 4.90 Å². The molecule has 5 rings (SSSR count). The molecule has 1 saturated heterocycles. The highest BCUT2D eigenvalue weighted by atomic mass is 35.5. The molecule has 3 aromatic rings. The summed E-state index contributed by atoms with van der Waals surface area (Å²) in [4.78, 5) is 44.2. The Morgan fingerprint density at radius 1 is 0.950 bits per heavy atom. The van der Waals surface area contributed by atoms with Gasteiger partial charge < -0.3 is 20.4 Å². The van der Waals surface area contributed by atoms with Crippen molar-refractivity contribution in [3.05, 3.63) is 88.9 Å². The zero-order valence-corrected chi connectivity index (χ0v) is 23.4. The van der Waals surface area contributed by atoms with Gasteiger partial charge in [0.05, 0.1) is 23.5 Å². The Morgan fingerprint density at radius 3 is 2.33 bits per heavy atom. The van der Waals surface area contributed by atoms with Gasteiger partial charge in [0.2, 0.25) is 11.8 Å². The van der Waals surface area contributed by atoms with Gasteiger partial charge >= 0.3 is 0 Å². The number of hydrogen-bond donors (Lipinski definition) is 2. The largest absolute Gasteiger partial charge is 0.354 e. The summed E-state index contributed by atoms with van der Waals surface area (Å²) in [6, 6.07) is 22.3. The quantitative estimate of drug-likeness (QED) is 0.389. The van der Waals surface area contributed by atoms with Gasteiger partial charge in [0.15, 0.2) is 0 Å². The zero-order chi connectivity index (χ0) is 28.2. The van der Waals surface area contributed by atoms with Crippen molar-refractivity contribution >= 4 is 57.7 Å². The van der Waals surface area contributed by atoms with E-state index in [0.29, 0.717) is 27.7 Å². The molecule has 206 valence electrons. The van der Waals surface area contributed by atoms with E-state index in [-0.39, 0.29) is 30.8 Å². The first-order valence-corrected chi connectivity index (χ1v) is 13.7. The molecule has 0 spiro atoms. The maximum Gasteiger partial charge on any atom is 0.258 e. The minimum atomic E-state index is -0.221. The van der Waals surface area contributed by atoms with Gasteiger partial charge in [-0.1, -0.05) is 48.0 Å². The van der Waals surface area contributed by atoms with Crippen LogP contribution >= 0.6 is 11.6 Å². The molecule has 2 heterocycles. The molecule has 0 unspecified atom stereocenters. The van der Waals surface area contributed by atoms with Crippen molar-refractivity contribution in [3.63, 3.8) is 0 Å². The molecule has 0 aliphatic carbocycles. The van der Waals surface area contributed by atoms with E-state index in [2.05, 4.69) is 15.5 Å². The summed E-state index contributed by atoms with van der Waals surface area (Å²) >= 11 is 6.17. The number of hydrogen-bond acceptors (Lipinski definition) is 5. The van der Waals surface area contributed by atoms with E-state index in [1.807, 2.05) is 60.7 Å². The summed E-state index contributed by atoms with van der Waals surface area (Å²) in [5, 5.41) is 6.89. The molecule has 0 aromatic heterocycles. The molecule has 0 saturated carbocycles. The van der Waals surface area contributed by atoms with Crippen LogP contribution in [-0.2, 0) is 14.4 Å². The van der Waals surface area contributed by atoms with E-state index >= 15 is 0 Å². The molecule has 0 radical (unpaired) electrons. The Labute approximate surface area is 239 Å². The van der Waals surface area contributed by atoms with Crippen LogP contribution in [0.2, 0.25) is 5.02 Å². The van der Waals surface area contributed by atoms with Crippen molar-refractivity contribution in [3.8, 4) is 0 Å². The normalized spacial score (nSPS) is 15.8. The monoisotopic (exact) mass is 557 g/mol. The van der Waals surface area contributed by atoms with Crippen LogP contribution in [-0.4, -0.2) is 67.8 Å². The lowest BCUT2D eigenvalue weighted by atomic mass is 10.00. The van der Waals surface area contributed by atoms with Crippen molar-refractivity contribution in [2.45, 2.75) is 12.8 Å². The second-order valence-corrected chi connectivity index (χ2v) is 10.6. The predicted molar refractivity (Wildman–Crippen MR) is 160 cm³/mol. The van der Waals surface area contributed by atoms with E-state index in [1.54, 1.807) is 31.1 Å². The van der Waals surface area contributed by atoms with Crippen LogP contribution < -0.4 is 15.5 Å². The number of fused-ring (bicyclic) bond motifs is 1. The van der Waals surface area contributed by atoms with Gasteiger partial charge in [-0.3, -0.25) is 19.3 Å². The van der Waals surface area contributed by atoms with Gasteiger partial charge in [0.25, 0.3) is 5.91 Å². The third kappa shape index (κ3) is 6.03. The minimum Gasteiger partial charge on any atom is -0.354 e. The van der Waals surface area contributed by atoms with Gasteiger partial charge in [-0.15, -0.1) is 0 Å². The van der Waals surface area contributed by atoms with Crippen LogP contribution in [0.15, 0.2) is 72.8 Å². The van der Waals surface area contributed by atoms with Gasteiger partial charge in [-0.25, -0.2) is 0 Å². The molecule has 3 amide bonds. The predicted octanol–water partition coefficient (Wildman–Crippen LogP) is 4.79. The molecule has 1 fully saturated rings. The van der Waals surface area contributed by atoms with Crippen LogP contribution in [0.3, 0.4) is 0 Å². The van der Waals surface area contributed by atoms with Crippen LogP contribution in [0.25, 0.3) is 11.3 Å². The van der Waals surface area contributed by atoms with Crippen LogP contribution in [0.5, 0.6) is 0 Å². The number of anilines is 3. The summed E-state index contributed by atoms with van der Waals surface area (Å²) in [7, 11) is 3.37. The zero-order valence-electron chi connectivity index (χ0n) is 22.6. The molecule has 3 aromatic carbocycles. The molecular formula is C31H32ClN5O3. The van der Waals surface area contributed by atoms with Crippen molar-refractivity contribution in [2.24, 2.45) is 0 Å². The second kappa shape index (κ2) is 11.9. The van der Waals surface area contributed by atoms with Crippen molar-refractivity contribution in [1.82, 2.24) is 9.80 Å². The Kier molecular flexibility index (Phi) is 8.19. The van der Waals surface area contributed by atoms with Gasteiger partial charge in [-0.2, -0.15) is 0 Å². The van der Waals surface area contributed by atoms with E-state index < -0.39 is 0 Å². The third-order valence-corrected chi connectivity index (χ3v) is 7.37. The number of likely N-dealkylation sites (N-methyl/N-ethyl adjacent to an activating group) is 1. The third-order valence-electron chi connectivity index (χ3n) is 7.14. The van der Waals surface area contributed by atoms with Gasteiger partial charge in [0.1, 0.15) is 6.54 Å². The van der Waals surface area contributed by atoms with E-state index in [9.17, 15) is 14.4 Å². The van der Waals surface area contributed by atoms with Crippen LogP contribution in [0.1, 0.15) is 24.0 Å². The SMILES string of the molecule is CN(C)C(=O)CN(C(=O)CN1CCCC1)c1ccc(N/C(=C2\C(=O)Nc3cc(Cl)ccc32)c2ccccc2)cc1. The molecule has 9 heteroatoms. The number of amides is 3. The lowest BCUT2D eigenvalue weighted by molar-refractivity contribution is -0.129. The first-order valence-electron chi connectivity index (χ1n) is 13.3. The smallest absolute Gasteiger partial charge is 0.258 e. The molecule has 2 N–H and O–H groups in total. The van der Waals surface area contributed by atoms with Crippen molar-refractivity contribution < 1.29 is 14.4 Å². The number of likely N-dealkylation sites (tertiary alicyclic amines) is 1. The van der Waals surface area contributed by atoms with E-state index in [4.69, 9.17) is 11.6 Å². The molecule has 8 nitrogen and oxygen atoms in total. The highest BCUT2D eigenvalue weighted by molar-refractivity contribution is 6.38. The molecular weight excluding hydrogens is 526 g/mol. The maximum atomic E-state index is 13.3. The van der Waals surface area contributed by atoms with Crippen LogP contribution in [0, 0.1) is 0 Å². The summed E-state index contributed by atoms with van der Waals surface area (Å²) in [5.74, 6) is -0.483. The average molecular weight is 558 g/mol. The average Bonchev–Trinajstić information content (AvgIpc) is 3.57. The second-order valence-electron chi connectivity index (χ2n) is 10.2. The number of carbonyl (C=O) groups is 3. The van der Waals surface area contributed by atoms with Gasteiger partial charge in [-0.05, 0) is 67.9 Å². The topological polar surface area (TPSA) is 85.0 Å². The van der Waals surface area contributed by atoms with Crippen LogP contribution in [0.4, 0.5) is 17.1 Å². The standard InChI is InChI=1S/C31H32ClN5O3/c1-35(2)27(38)20-37(28(39)19-36-16-6-7-17-36)24-13-11-23(12-14-24)33-30(21-8-4-3-5-9-21)29-25-15-10-22(32)18-26(25)34-31(29)40/h3-5,8-15,18,33H,6-7,16-17,19-20H2,1-2H3,(H,34,40)/b30-29-. The first-order chi connectivity index (χ1) is 19.3. The van der Waals surface area contributed by atoms with E-state index in [0.717, 1.165) is 42.7 Å². The minimum absolute atomic E-state index is 0.0364. The Morgan fingerprint density at radius 2 is 1.65 bits per heavy atom. The summed E-state index contributed by atoms with van der Waals surface area (Å²) in [5.41, 5.74) is 4.80. The number of nitrogens with zero attached hydrogens (tertiary/aromatic N) is 3. The van der Waals surface area contributed by atoms with Crippen molar-refractivity contribution in [1.29, 1.82) is 0 Å². The van der Waals surface area contributed by atoms with Gasteiger partial charge in [0, 0.05) is 36.1 Å². The molecule has 0 bridgehead atoms. The fourth-order valence-electron chi connectivity index (χ4n) is 4.96. The first kappa shape index (κ1) is 27.4. The number of rotatable bonds is 8. The Hall–Kier alpha value is -4.14. The number of halogens is 1. The molecule has 2 aliphatic rings.